The standard InChI is InChI=1S/C24H18Br2Si.C12H10Cl2Si.C6H4Br2.C4H9.Li/c25-19-11-15-23(16-12-19)27(21-7-3-1-4-8-21,22-9-5-2-6-10-22)24-17-13-20(26)14-18-24;13-15(14,11-7-3-1-4-8-11)12-9-5-2-6-10-12;7-5-1-2-6(8)4-3-5;1-3-4-2;/h1-18H;1-10H;1-4H;1,3-4H2,2H3;/q;;;-1;+1. The van der Waals surface area contributed by atoms with Crippen LogP contribution in [-0.4, -0.2) is 14.8 Å². The Balaban J connectivity index is 0.000000242. The molecule has 0 saturated heterocycles. The zero-order valence-corrected chi connectivity index (χ0v) is 40.7. The Hall–Kier alpha value is -1.93. The number of unbranched alkanes of at least 4 members (excludes halogenated alkanes) is 1. The zero-order chi connectivity index (χ0) is 38.8. The van der Waals surface area contributed by atoms with Gasteiger partial charge in [0.25, 0.3) is 0 Å². The molecule has 0 aliphatic carbocycles. The molecule has 7 rings (SSSR count). The molecular weight excluding hydrogens is 1010 g/mol. The van der Waals surface area contributed by atoms with Crippen LogP contribution in [0.4, 0.5) is 0 Å². The van der Waals surface area contributed by atoms with Crippen LogP contribution in [0.3, 0.4) is 0 Å². The Bertz CT molecular complexity index is 1920. The molecule has 0 heterocycles. The van der Waals surface area contributed by atoms with Crippen LogP contribution >= 0.6 is 85.9 Å². The molecule has 0 aromatic heterocycles. The van der Waals surface area contributed by atoms with E-state index >= 15 is 0 Å². The first-order valence-corrected chi connectivity index (χ1v) is 26.6. The number of hydrogen-bond donors (Lipinski definition) is 0. The molecule has 0 aliphatic rings. The minimum absolute atomic E-state index is 0. The van der Waals surface area contributed by atoms with Crippen LogP contribution in [0.25, 0.3) is 0 Å². The maximum Gasteiger partial charge on any atom is 1.00 e. The molecule has 0 fully saturated rings. The van der Waals surface area contributed by atoms with Crippen molar-refractivity contribution in [1.82, 2.24) is 0 Å². The van der Waals surface area contributed by atoms with Gasteiger partial charge in [0.2, 0.25) is 0 Å². The summed E-state index contributed by atoms with van der Waals surface area (Å²) >= 11 is 26.8. The molecule has 0 spiro atoms. The van der Waals surface area contributed by atoms with Crippen LogP contribution in [0.2, 0.25) is 0 Å². The van der Waals surface area contributed by atoms with Gasteiger partial charge in [0.05, 0.1) is 0 Å². The topological polar surface area (TPSA) is 0 Å². The van der Waals surface area contributed by atoms with Crippen molar-refractivity contribution in [2.45, 2.75) is 19.8 Å². The third kappa shape index (κ3) is 13.9. The first-order chi connectivity index (χ1) is 26.1. The second-order valence-electron chi connectivity index (χ2n) is 12.1. The van der Waals surface area contributed by atoms with Crippen molar-refractivity contribution in [2.24, 2.45) is 0 Å². The molecule has 0 amide bonds. The summed E-state index contributed by atoms with van der Waals surface area (Å²) in [6.45, 7) is 3.21. The van der Waals surface area contributed by atoms with E-state index in [-0.39, 0.29) is 18.9 Å². The smallest absolute Gasteiger partial charge is 0.343 e. The first-order valence-electron chi connectivity index (χ1n) is 17.4. The minimum atomic E-state index is -2.51. The SMILES string of the molecule is Brc1ccc(Br)cc1.Brc1ccc([Si](c2ccccc2)(c2ccccc2)c2ccc(Br)cc2)cc1.Cl[Si](Cl)(c1ccccc1)c1ccccc1.[CH2-]CCC.[Li+]. The maximum atomic E-state index is 6.49. The normalized spacial score (nSPS) is 10.5. The number of hydrogen-bond acceptors (Lipinski definition) is 0. The molecule has 0 N–H and O–H groups in total. The maximum absolute atomic E-state index is 6.49. The molecule has 276 valence electrons. The van der Waals surface area contributed by atoms with E-state index in [0.29, 0.717) is 0 Å². The number of benzene rings is 7. The van der Waals surface area contributed by atoms with Gasteiger partial charge < -0.3 is 6.92 Å². The van der Waals surface area contributed by atoms with E-state index in [0.717, 1.165) is 34.7 Å². The van der Waals surface area contributed by atoms with Crippen LogP contribution in [0.5, 0.6) is 0 Å². The Labute approximate surface area is 385 Å². The Morgan fingerprint density at radius 3 is 0.818 bits per heavy atom. The average molecular weight is 1050 g/mol. The van der Waals surface area contributed by atoms with Crippen LogP contribution < -0.4 is 50.0 Å². The molecule has 7 aromatic rings. The molecule has 0 nitrogen and oxygen atoms in total. The van der Waals surface area contributed by atoms with Gasteiger partial charge in [-0.3, -0.25) is 0 Å². The summed E-state index contributed by atoms with van der Waals surface area (Å²) in [5.41, 5.74) is 0. The van der Waals surface area contributed by atoms with E-state index in [4.69, 9.17) is 22.2 Å². The largest absolute Gasteiger partial charge is 1.00 e. The monoisotopic (exact) mass is 1040 g/mol. The Morgan fingerprint density at radius 2 is 0.582 bits per heavy atom. The number of halogens is 6. The van der Waals surface area contributed by atoms with Gasteiger partial charge in [-0.25, -0.2) is 0 Å². The fourth-order valence-electron chi connectivity index (χ4n) is 5.67. The van der Waals surface area contributed by atoms with Crippen molar-refractivity contribution in [1.29, 1.82) is 0 Å². The molecule has 55 heavy (non-hydrogen) atoms. The fraction of sp³-hybridized carbons (Fsp3) is 0.0652. The van der Waals surface area contributed by atoms with Gasteiger partial charge in [0.1, 0.15) is 0 Å². The summed E-state index contributed by atoms with van der Waals surface area (Å²) in [6.07, 6.45) is 2.28. The summed E-state index contributed by atoms with van der Waals surface area (Å²) in [6, 6.07) is 67.3. The molecule has 0 radical (unpaired) electrons. The van der Waals surface area contributed by atoms with E-state index in [1.165, 1.54) is 27.2 Å². The van der Waals surface area contributed by atoms with E-state index in [2.05, 4.69) is 187 Å². The molecule has 9 heteroatoms. The predicted octanol–water partition coefficient (Wildman–Crippen LogP) is 9.15. The van der Waals surface area contributed by atoms with Crippen LogP contribution in [0.15, 0.2) is 212 Å². The van der Waals surface area contributed by atoms with Crippen molar-refractivity contribution in [2.75, 3.05) is 0 Å². The van der Waals surface area contributed by atoms with Gasteiger partial charge in [-0.2, -0.15) is 6.42 Å². The molecular formula is C46H41Br4Cl2LiSi2. The third-order valence-corrected chi connectivity index (χ3v) is 20.0. The van der Waals surface area contributed by atoms with E-state index in [9.17, 15) is 0 Å². The fourth-order valence-corrected chi connectivity index (χ4v) is 14.5. The molecule has 0 unspecified atom stereocenters. The minimum Gasteiger partial charge on any atom is -0.343 e. The second-order valence-corrected chi connectivity index (χ2v) is 25.8. The van der Waals surface area contributed by atoms with Gasteiger partial charge in [0.15, 0.2) is 8.07 Å². The van der Waals surface area contributed by atoms with E-state index in [1.54, 1.807) is 0 Å². The first kappa shape index (κ1) is 47.4. The van der Waals surface area contributed by atoms with E-state index in [1.807, 2.05) is 84.9 Å². The second kappa shape index (κ2) is 24.8. The molecule has 0 bridgehead atoms. The summed E-state index contributed by atoms with van der Waals surface area (Å²) in [5.74, 6) is 0. The van der Waals surface area contributed by atoms with Crippen molar-refractivity contribution in [3.8, 4) is 0 Å². The van der Waals surface area contributed by atoms with E-state index < -0.39 is 14.8 Å². The van der Waals surface area contributed by atoms with Crippen LogP contribution in [-0.2, 0) is 0 Å². The molecule has 0 saturated carbocycles. The summed E-state index contributed by atoms with van der Waals surface area (Å²) in [4.78, 5) is 0. The molecule has 0 aliphatic heterocycles. The summed E-state index contributed by atoms with van der Waals surface area (Å²) in [7, 11) is -2.39. The van der Waals surface area contributed by atoms with Crippen LogP contribution in [0.1, 0.15) is 19.8 Å². The van der Waals surface area contributed by atoms with Crippen molar-refractivity contribution < 1.29 is 18.9 Å². The van der Waals surface area contributed by atoms with Gasteiger partial charge in [-0.05, 0) is 79.7 Å². The average Bonchev–Trinajstić information content (AvgIpc) is 3.22. The Kier molecular flexibility index (Phi) is 21.4. The summed E-state index contributed by atoms with van der Waals surface area (Å²) < 4.78 is 4.43. The molecule has 0 atom stereocenters. The zero-order valence-electron chi connectivity index (χ0n) is 30.9. The van der Waals surface area contributed by atoms with Crippen molar-refractivity contribution >= 4 is 132 Å². The van der Waals surface area contributed by atoms with Gasteiger partial charge in [-0.1, -0.05) is 223 Å². The van der Waals surface area contributed by atoms with Gasteiger partial charge in [0, 0.05) is 17.9 Å². The number of rotatable bonds is 7. The van der Waals surface area contributed by atoms with Gasteiger partial charge >= 0.3 is 25.6 Å². The van der Waals surface area contributed by atoms with Gasteiger partial charge in [-0.15, -0.1) is 22.2 Å². The molecule has 7 aromatic carbocycles. The third-order valence-electron chi connectivity index (χ3n) is 8.40. The quantitative estimate of drug-likeness (QED) is 0.0648. The van der Waals surface area contributed by atoms with Crippen molar-refractivity contribution in [3.63, 3.8) is 0 Å². The summed E-state index contributed by atoms with van der Waals surface area (Å²) in [5, 5.41) is 7.59. The predicted molar refractivity (Wildman–Crippen MR) is 257 cm³/mol. The Morgan fingerprint density at radius 1 is 0.382 bits per heavy atom. The van der Waals surface area contributed by atoms with Crippen LogP contribution in [0, 0.1) is 6.92 Å². The van der Waals surface area contributed by atoms with Crippen molar-refractivity contribution in [3.05, 3.63) is 219 Å².